The van der Waals surface area contributed by atoms with Crippen molar-refractivity contribution in [3.05, 3.63) is 54.1 Å². The summed E-state index contributed by atoms with van der Waals surface area (Å²) < 4.78 is 0. The summed E-state index contributed by atoms with van der Waals surface area (Å²) in [5, 5.41) is 8.76. The normalized spacial score (nSPS) is 10.2. The van der Waals surface area contributed by atoms with Gasteiger partial charge in [-0.2, -0.15) is 0 Å². The maximum absolute atomic E-state index is 10.7. The third-order valence-electron chi connectivity index (χ3n) is 2.35. The van der Waals surface area contributed by atoms with Crippen LogP contribution in [0.1, 0.15) is 5.56 Å². The molecule has 0 aromatic heterocycles. The summed E-state index contributed by atoms with van der Waals surface area (Å²) >= 11 is 1.57. The van der Waals surface area contributed by atoms with Gasteiger partial charge in [-0.1, -0.05) is 30.0 Å². The van der Waals surface area contributed by atoms with Crippen molar-refractivity contribution in [3.63, 3.8) is 0 Å². The first kappa shape index (κ1) is 12.5. The molecule has 4 heteroatoms. The number of rotatable bonds is 4. The summed E-state index contributed by atoms with van der Waals surface area (Å²) in [6, 6.07) is 15.1. The summed E-state index contributed by atoms with van der Waals surface area (Å²) in [4.78, 5) is 12.7. The molecular weight excluding hydrogens is 246 g/mol. The first-order chi connectivity index (χ1) is 8.63. The van der Waals surface area contributed by atoms with Crippen LogP contribution in [0.25, 0.3) is 0 Å². The number of anilines is 1. The number of nitrogens with two attached hydrogens (primary N) is 1. The molecule has 0 atom stereocenters. The highest BCUT2D eigenvalue weighted by atomic mass is 32.2. The lowest BCUT2D eigenvalue weighted by molar-refractivity contribution is -0.136. The van der Waals surface area contributed by atoms with Crippen LogP contribution in [0, 0.1) is 0 Å². The first-order valence-electron chi connectivity index (χ1n) is 5.47. The van der Waals surface area contributed by atoms with Gasteiger partial charge in [0, 0.05) is 15.5 Å². The van der Waals surface area contributed by atoms with E-state index in [1.165, 1.54) is 0 Å². The topological polar surface area (TPSA) is 63.3 Å². The van der Waals surface area contributed by atoms with E-state index in [4.69, 9.17) is 10.8 Å². The minimum absolute atomic E-state index is 0.0470. The Balaban J connectivity index is 2.16. The molecule has 2 aromatic carbocycles. The molecule has 0 aliphatic heterocycles. The molecule has 0 heterocycles. The van der Waals surface area contributed by atoms with E-state index in [1.807, 2.05) is 48.5 Å². The van der Waals surface area contributed by atoms with Crippen LogP contribution < -0.4 is 5.73 Å². The van der Waals surface area contributed by atoms with Crippen molar-refractivity contribution in [2.24, 2.45) is 0 Å². The molecule has 0 unspecified atom stereocenters. The fraction of sp³-hybridized carbons (Fsp3) is 0.0714. The SMILES string of the molecule is Nc1cccc(Sc2cccc(CC(=O)O)c2)c1. The molecule has 0 saturated carbocycles. The van der Waals surface area contributed by atoms with Gasteiger partial charge < -0.3 is 10.8 Å². The van der Waals surface area contributed by atoms with Crippen LogP contribution in [-0.2, 0) is 11.2 Å². The zero-order chi connectivity index (χ0) is 13.0. The van der Waals surface area contributed by atoms with E-state index in [9.17, 15) is 4.79 Å². The van der Waals surface area contributed by atoms with Crippen LogP contribution in [0.15, 0.2) is 58.3 Å². The second-order valence-corrected chi connectivity index (χ2v) is 5.04. The van der Waals surface area contributed by atoms with Crippen molar-refractivity contribution in [2.75, 3.05) is 5.73 Å². The molecule has 2 rings (SSSR count). The fourth-order valence-electron chi connectivity index (χ4n) is 1.61. The Labute approximate surface area is 110 Å². The van der Waals surface area contributed by atoms with Gasteiger partial charge in [-0.05, 0) is 35.9 Å². The maximum atomic E-state index is 10.7. The fourth-order valence-corrected chi connectivity index (χ4v) is 2.58. The number of hydrogen-bond donors (Lipinski definition) is 2. The minimum Gasteiger partial charge on any atom is -0.481 e. The first-order valence-corrected chi connectivity index (χ1v) is 6.29. The Morgan fingerprint density at radius 2 is 1.78 bits per heavy atom. The van der Waals surface area contributed by atoms with Gasteiger partial charge in [0.1, 0.15) is 0 Å². The Bertz CT molecular complexity index is 569. The lowest BCUT2D eigenvalue weighted by atomic mass is 10.2. The van der Waals surface area contributed by atoms with Gasteiger partial charge >= 0.3 is 5.97 Å². The summed E-state index contributed by atoms with van der Waals surface area (Å²) in [6.07, 6.45) is 0.0470. The molecule has 0 spiro atoms. The van der Waals surface area contributed by atoms with E-state index < -0.39 is 5.97 Å². The monoisotopic (exact) mass is 259 g/mol. The number of hydrogen-bond acceptors (Lipinski definition) is 3. The highest BCUT2D eigenvalue weighted by Gasteiger charge is 2.03. The second kappa shape index (κ2) is 5.60. The average Bonchev–Trinajstić information content (AvgIpc) is 2.28. The predicted octanol–water partition coefficient (Wildman–Crippen LogP) is 3.05. The molecule has 0 aliphatic carbocycles. The molecule has 0 saturated heterocycles. The molecule has 2 aromatic rings. The number of carbonyl (C=O) groups is 1. The van der Waals surface area contributed by atoms with Gasteiger partial charge in [0.15, 0.2) is 0 Å². The molecule has 0 radical (unpaired) electrons. The van der Waals surface area contributed by atoms with E-state index in [0.717, 1.165) is 21.0 Å². The smallest absolute Gasteiger partial charge is 0.307 e. The summed E-state index contributed by atoms with van der Waals surface area (Å²) in [7, 11) is 0. The van der Waals surface area contributed by atoms with Gasteiger partial charge in [0.05, 0.1) is 6.42 Å². The number of carboxylic acid groups (broad SMARTS) is 1. The van der Waals surface area contributed by atoms with Gasteiger partial charge in [-0.3, -0.25) is 4.79 Å². The summed E-state index contributed by atoms with van der Waals surface area (Å²) in [5.74, 6) is -0.818. The average molecular weight is 259 g/mol. The Morgan fingerprint density at radius 3 is 2.44 bits per heavy atom. The zero-order valence-electron chi connectivity index (χ0n) is 9.67. The lowest BCUT2D eigenvalue weighted by Gasteiger charge is -2.04. The highest BCUT2D eigenvalue weighted by Crippen LogP contribution is 2.29. The van der Waals surface area contributed by atoms with Crippen LogP contribution in [0.3, 0.4) is 0 Å². The van der Waals surface area contributed by atoms with E-state index in [1.54, 1.807) is 11.8 Å². The molecule has 0 bridgehead atoms. The van der Waals surface area contributed by atoms with Crippen molar-refractivity contribution >= 4 is 23.4 Å². The standard InChI is InChI=1S/C14H13NO2S/c15-11-4-2-6-13(9-11)18-12-5-1-3-10(7-12)8-14(16)17/h1-7,9H,8,15H2,(H,16,17). The van der Waals surface area contributed by atoms with Crippen LogP contribution >= 0.6 is 11.8 Å². The number of benzene rings is 2. The number of carboxylic acids is 1. The van der Waals surface area contributed by atoms with E-state index in [-0.39, 0.29) is 6.42 Å². The Morgan fingerprint density at radius 1 is 1.11 bits per heavy atom. The molecule has 0 amide bonds. The molecule has 0 fully saturated rings. The minimum atomic E-state index is -0.818. The largest absolute Gasteiger partial charge is 0.481 e. The third kappa shape index (κ3) is 3.53. The Hall–Kier alpha value is -1.94. The summed E-state index contributed by atoms with van der Waals surface area (Å²) in [5.41, 5.74) is 7.24. The quantitative estimate of drug-likeness (QED) is 0.828. The maximum Gasteiger partial charge on any atom is 0.307 e. The van der Waals surface area contributed by atoms with Gasteiger partial charge in [0.2, 0.25) is 0 Å². The molecule has 0 aliphatic rings. The molecule has 92 valence electrons. The molecular formula is C14H13NO2S. The highest BCUT2D eigenvalue weighted by molar-refractivity contribution is 7.99. The van der Waals surface area contributed by atoms with Crippen molar-refractivity contribution in [1.29, 1.82) is 0 Å². The van der Waals surface area contributed by atoms with Crippen LogP contribution in [-0.4, -0.2) is 11.1 Å². The van der Waals surface area contributed by atoms with E-state index in [2.05, 4.69) is 0 Å². The van der Waals surface area contributed by atoms with Crippen molar-refractivity contribution < 1.29 is 9.90 Å². The molecule has 18 heavy (non-hydrogen) atoms. The molecule has 3 nitrogen and oxygen atoms in total. The number of nitrogen functional groups attached to an aromatic ring is 1. The number of aliphatic carboxylic acids is 1. The van der Waals surface area contributed by atoms with E-state index >= 15 is 0 Å². The van der Waals surface area contributed by atoms with Crippen molar-refractivity contribution in [1.82, 2.24) is 0 Å². The van der Waals surface area contributed by atoms with Crippen molar-refractivity contribution in [3.8, 4) is 0 Å². The van der Waals surface area contributed by atoms with Crippen molar-refractivity contribution in [2.45, 2.75) is 16.2 Å². The summed E-state index contributed by atoms with van der Waals surface area (Å²) in [6.45, 7) is 0. The second-order valence-electron chi connectivity index (χ2n) is 3.89. The van der Waals surface area contributed by atoms with E-state index in [0.29, 0.717) is 0 Å². The van der Waals surface area contributed by atoms with Gasteiger partial charge in [-0.25, -0.2) is 0 Å². The third-order valence-corrected chi connectivity index (χ3v) is 3.33. The predicted molar refractivity (Wildman–Crippen MR) is 72.8 cm³/mol. The van der Waals surface area contributed by atoms with Gasteiger partial charge in [0.25, 0.3) is 0 Å². The molecule has 3 N–H and O–H groups in total. The van der Waals surface area contributed by atoms with Crippen LogP contribution in [0.2, 0.25) is 0 Å². The lowest BCUT2D eigenvalue weighted by Crippen LogP contribution is -1.99. The van der Waals surface area contributed by atoms with Crippen LogP contribution in [0.5, 0.6) is 0 Å². The zero-order valence-corrected chi connectivity index (χ0v) is 10.5. The Kier molecular flexibility index (Phi) is 3.89. The van der Waals surface area contributed by atoms with Gasteiger partial charge in [-0.15, -0.1) is 0 Å². The van der Waals surface area contributed by atoms with Crippen LogP contribution in [0.4, 0.5) is 5.69 Å².